The normalized spacial score (nSPS) is 36.0. The van der Waals surface area contributed by atoms with Crippen LogP contribution in [0.15, 0.2) is 28.3 Å². The zero-order valence-corrected chi connectivity index (χ0v) is 18.0. The van der Waals surface area contributed by atoms with Gasteiger partial charge in [0.05, 0.1) is 28.5 Å². The van der Waals surface area contributed by atoms with Gasteiger partial charge in [-0.15, -0.1) is 0 Å². The Labute approximate surface area is 184 Å². The van der Waals surface area contributed by atoms with Crippen LogP contribution >= 0.6 is 23.2 Å². The van der Waals surface area contributed by atoms with E-state index in [0.29, 0.717) is 28.0 Å². The van der Waals surface area contributed by atoms with Gasteiger partial charge in [0.25, 0.3) is 0 Å². The Morgan fingerprint density at radius 2 is 2.07 bits per heavy atom. The van der Waals surface area contributed by atoms with E-state index in [1.54, 1.807) is 24.5 Å². The number of nitrogens with zero attached hydrogens (tertiary/aromatic N) is 3. The van der Waals surface area contributed by atoms with Crippen LogP contribution in [0.4, 0.5) is 0 Å². The van der Waals surface area contributed by atoms with Gasteiger partial charge in [0, 0.05) is 13.7 Å². The van der Waals surface area contributed by atoms with Crippen LogP contribution in [0.2, 0.25) is 10.0 Å². The minimum atomic E-state index is -1.15. The van der Waals surface area contributed by atoms with E-state index in [2.05, 4.69) is 15.5 Å². The molecule has 3 heterocycles. The molecular formula is C19H24Cl2N4O5. The molecule has 0 amide bonds. The summed E-state index contributed by atoms with van der Waals surface area (Å²) in [6, 6.07) is 5.09. The predicted molar refractivity (Wildman–Crippen MR) is 112 cm³/mol. The Kier molecular flexibility index (Phi) is 6.50. The Hall–Kier alpha value is -1.46. The third-order valence-electron chi connectivity index (χ3n) is 5.82. The summed E-state index contributed by atoms with van der Waals surface area (Å²) < 4.78 is 11.8. The van der Waals surface area contributed by atoms with E-state index in [4.69, 9.17) is 37.5 Å². The maximum Gasteiger partial charge on any atom is 0.175 e. The van der Waals surface area contributed by atoms with Gasteiger partial charge in [0.1, 0.15) is 37.8 Å². The van der Waals surface area contributed by atoms with Gasteiger partial charge in [-0.3, -0.25) is 4.90 Å². The molecule has 0 aliphatic carbocycles. The molecule has 0 aromatic heterocycles. The van der Waals surface area contributed by atoms with Crippen LogP contribution in [0.3, 0.4) is 0 Å². The molecule has 2 unspecified atom stereocenters. The second-order valence-corrected chi connectivity index (χ2v) is 8.25. The van der Waals surface area contributed by atoms with Gasteiger partial charge in [-0.2, -0.15) is 0 Å². The van der Waals surface area contributed by atoms with E-state index in [0.717, 1.165) is 6.42 Å². The SMILES string of the molecule is CO/N=C1/N=CNC2C1CCN2[C@@H]1O[C@H]([C@H](OC)c2ccc(Cl)c(Cl)c2)[C@@H](O)[C@H]1O. The lowest BCUT2D eigenvalue weighted by Crippen LogP contribution is -2.55. The van der Waals surface area contributed by atoms with Gasteiger partial charge in [-0.25, -0.2) is 4.99 Å². The number of aliphatic imine (C=N–C) groups is 1. The molecule has 2 saturated heterocycles. The average Bonchev–Trinajstić information content (AvgIpc) is 3.28. The molecule has 4 rings (SSSR count). The highest BCUT2D eigenvalue weighted by Gasteiger charge is 2.53. The fourth-order valence-corrected chi connectivity index (χ4v) is 4.71. The Balaban J connectivity index is 1.55. The number of methoxy groups -OCH3 is 1. The zero-order valence-electron chi connectivity index (χ0n) is 16.5. The number of aliphatic hydroxyl groups is 2. The molecule has 1 aromatic rings. The van der Waals surface area contributed by atoms with Crippen molar-refractivity contribution in [2.45, 2.75) is 43.2 Å². The molecule has 1 aromatic carbocycles. The van der Waals surface area contributed by atoms with Crippen molar-refractivity contribution in [2.24, 2.45) is 16.1 Å². The summed E-state index contributed by atoms with van der Waals surface area (Å²) in [7, 11) is 2.99. The van der Waals surface area contributed by atoms with E-state index in [1.165, 1.54) is 14.2 Å². The van der Waals surface area contributed by atoms with Gasteiger partial charge < -0.3 is 29.8 Å². The number of benzene rings is 1. The van der Waals surface area contributed by atoms with Gasteiger partial charge in [0.2, 0.25) is 0 Å². The summed E-state index contributed by atoms with van der Waals surface area (Å²) >= 11 is 12.2. The number of amidine groups is 1. The monoisotopic (exact) mass is 458 g/mol. The number of hydrogen-bond acceptors (Lipinski definition) is 8. The summed E-state index contributed by atoms with van der Waals surface area (Å²) in [6.07, 6.45) is -2.33. The van der Waals surface area contributed by atoms with Crippen molar-refractivity contribution in [2.75, 3.05) is 20.8 Å². The standard InChI is InChI=1S/C19H24Cl2N4O5/c1-28-15(9-3-4-11(20)12(21)7-9)16-13(26)14(27)19(30-16)25-6-5-10-17(24-29-2)22-8-23-18(10)25/h3-4,7-8,10,13-16,18-19,26-27H,5-6H2,1-2H3,(H,22,23,24)/t10?,13-,14+,15+,16-,18?,19+/m0/s1. The van der Waals surface area contributed by atoms with Gasteiger partial charge in [-0.05, 0) is 24.1 Å². The fourth-order valence-electron chi connectivity index (χ4n) is 4.40. The molecule has 164 valence electrons. The topological polar surface area (TPSA) is 108 Å². The Morgan fingerprint density at radius 3 is 2.77 bits per heavy atom. The summed E-state index contributed by atoms with van der Waals surface area (Å²) in [6.45, 7) is 0.625. The van der Waals surface area contributed by atoms with Crippen LogP contribution < -0.4 is 5.32 Å². The first-order valence-corrected chi connectivity index (χ1v) is 10.4. The van der Waals surface area contributed by atoms with Gasteiger partial charge in [0.15, 0.2) is 5.84 Å². The van der Waals surface area contributed by atoms with Gasteiger partial charge in [-0.1, -0.05) is 34.4 Å². The molecule has 3 N–H and O–H groups in total. The number of rotatable bonds is 5. The smallest absolute Gasteiger partial charge is 0.175 e. The van der Waals surface area contributed by atoms with Crippen LogP contribution in [0, 0.1) is 5.92 Å². The van der Waals surface area contributed by atoms with Crippen molar-refractivity contribution in [1.82, 2.24) is 10.2 Å². The van der Waals surface area contributed by atoms with Crippen LogP contribution in [0.1, 0.15) is 18.1 Å². The first kappa shape index (κ1) is 21.8. The predicted octanol–water partition coefficient (Wildman–Crippen LogP) is 1.37. The lowest BCUT2D eigenvalue weighted by molar-refractivity contribution is -0.129. The van der Waals surface area contributed by atoms with Crippen LogP contribution in [0.25, 0.3) is 0 Å². The molecule has 0 saturated carbocycles. The lowest BCUT2D eigenvalue weighted by atomic mass is 9.99. The summed E-state index contributed by atoms with van der Waals surface area (Å²) in [4.78, 5) is 11.1. The number of ether oxygens (including phenoxy) is 2. The van der Waals surface area contributed by atoms with E-state index in [-0.39, 0.29) is 12.1 Å². The highest BCUT2D eigenvalue weighted by molar-refractivity contribution is 6.42. The maximum absolute atomic E-state index is 10.8. The zero-order chi connectivity index (χ0) is 21.4. The molecule has 30 heavy (non-hydrogen) atoms. The highest BCUT2D eigenvalue weighted by Crippen LogP contribution is 2.39. The number of fused-ring (bicyclic) bond motifs is 1. The molecule has 0 radical (unpaired) electrons. The second kappa shape index (κ2) is 8.96. The molecule has 3 aliphatic rings. The van der Waals surface area contributed by atoms with E-state index in [9.17, 15) is 10.2 Å². The molecule has 0 bridgehead atoms. The lowest BCUT2D eigenvalue weighted by Gasteiger charge is -2.35. The summed E-state index contributed by atoms with van der Waals surface area (Å²) in [5.41, 5.74) is 0.695. The molecule has 7 atom stereocenters. The highest BCUT2D eigenvalue weighted by atomic mass is 35.5. The number of nitrogens with one attached hydrogen (secondary N) is 1. The summed E-state index contributed by atoms with van der Waals surface area (Å²) in [5.74, 6) is 0.564. The van der Waals surface area contributed by atoms with Crippen molar-refractivity contribution in [3.8, 4) is 0 Å². The largest absolute Gasteiger partial charge is 0.398 e. The number of oxime groups is 1. The number of halogens is 2. The van der Waals surface area contributed by atoms with E-state index < -0.39 is 30.6 Å². The molecule has 3 aliphatic heterocycles. The van der Waals surface area contributed by atoms with Crippen molar-refractivity contribution >= 4 is 35.4 Å². The first-order chi connectivity index (χ1) is 14.5. The van der Waals surface area contributed by atoms with Crippen molar-refractivity contribution in [3.05, 3.63) is 33.8 Å². The van der Waals surface area contributed by atoms with Crippen molar-refractivity contribution in [1.29, 1.82) is 0 Å². The number of likely N-dealkylation sites (tertiary alicyclic amines) is 1. The minimum Gasteiger partial charge on any atom is -0.398 e. The van der Waals surface area contributed by atoms with Crippen LogP contribution in [0.5, 0.6) is 0 Å². The van der Waals surface area contributed by atoms with Crippen LogP contribution in [-0.2, 0) is 14.3 Å². The quantitative estimate of drug-likeness (QED) is 0.571. The van der Waals surface area contributed by atoms with Gasteiger partial charge >= 0.3 is 0 Å². The minimum absolute atomic E-state index is 0.0183. The number of hydrogen-bond donors (Lipinski definition) is 3. The molecule has 0 spiro atoms. The number of aliphatic hydroxyl groups excluding tert-OH is 2. The first-order valence-electron chi connectivity index (χ1n) is 9.61. The van der Waals surface area contributed by atoms with Crippen molar-refractivity contribution in [3.63, 3.8) is 0 Å². The second-order valence-electron chi connectivity index (χ2n) is 7.44. The fraction of sp³-hybridized carbons (Fsp3) is 0.579. The molecular weight excluding hydrogens is 435 g/mol. The average molecular weight is 459 g/mol. The Bertz CT molecular complexity index is 841. The third kappa shape index (κ3) is 3.80. The van der Waals surface area contributed by atoms with Crippen molar-refractivity contribution < 1.29 is 24.5 Å². The molecule has 2 fully saturated rings. The third-order valence-corrected chi connectivity index (χ3v) is 6.56. The molecule has 9 nitrogen and oxygen atoms in total. The van der Waals surface area contributed by atoms with Crippen LogP contribution in [-0.4, -0.2) is 78.8 Å². The molecule has 11 heteroatoms. The summed E-state index contributed by atoms with van der Waals surface area (Å²) in [5, 5.41) is 29.6. The maximum atomic E-state index is 10.8. The van der Waals surface area contributed by atoms with E-state index in [1.807, 2.05) is 4.90 Å². The Morgan fingerprint density at radius 1 is 1.27 bits per heavy atom. The van der Waals surface area contributed by atoms with E-state index >= 15 is 0 Å².